The van der Waals surface area contributed by atoms with Crippen LogP contribution in [0.3, 0.4) is 0 Å². The summed E-state index contributed by atoms with van der Waals surface area (Å²) in [4.78, 5) is 27.7. The van der Waals surface area contributed by atoms with Gasteiger partial charge in [-0.1, -0.05) is 60.7 Å². The minimum Gasteiger partial charge on any atom is -0.277 e. The maximum atomic E-state index is 12.9. The van der Waals surface area contributed by atoms with Gasteiger partial charge in [0.05, 0.1) is 6.04 Å². The molecule has 1 aliphatic heterocycles. The largest absolute Gasteiger partial charge is 0.277 e. The fraction of sp³-hybridized carbons (Fsp3) is 0.211. The van der Waals surface area contributed by atoms with Crippen LogP contribution >= 0.6 is 12.2 Å². The Morgan fingerprint density at radius 3 is 1.83 bits per heavy atom. The van der Waals surface area contributed by atoms with E-state index in [2.05, 4.69) is 0 Å². The summed E-state index contributed by atoms with van der Waals surface area (Å²) in [6.07, 6.45) is 0. The third-order valence-electron chi connectivity index (χ3n) is 4.22. The lowest BCUT2D eigenvalue weighted by molar-refractivity contribution is -0.133. The highest BCUT2D eigenvalue weighted by atomic mass is 32.1. The number of carbonyl (C=O) groups is 2. The van der Waals surface area contributed by atoms with Gasteiger partial charge in [0.15, 0.2) is 5.11 Å². The summed E-state index contributed by atoms with van der Waals surface area (Å²) in [5, 5.41) is 0.262. The van der Waals surface area contributed by atoms with Gasteiger partial charge in [0, 0.05) is 6.92 Å². The van der Waals surface area contributed by atoms with Crippen LogP contribution in [0.1, 0.15) is 31.0 Å². The molecule has 1 heterocycles. The SMILES string of the molecule is CC(=O)N1C(=S)N(C(c2ccccc2)c2ccccc2)C(=O)C1C. The van der Waals surface area contributed by atoms with Crippen LogP contribution in [-0.2, 0) is 9.59 Å². The van der Waals surface area contributed by atoms with Gasteiger partial charge in [0.1, 0.15) is 6.04 Å². The Morgan fingerprint density at radius 1 is 1.00 bits per heavy atom. The van der Waals surface area contributed by atoms with Gasteiger partial charge >= 0.3 is 0 Å². The highest BCUT2D eigenvalue weighted by Crippen LogP contribution is 2.34. The van der Waals surface area contributed by atoms with E-state index in [1.54, 1.807) is 11.8 Å². The van der Waals surface area contributed by atoms with Gasteiger partial charge in [-0.25, -0.2) is 0 Å². The Hall–Kier alpha value is -2.53. The maximum Gasteiger partial charge on any atom is 0.252 e. The highest BCUT2D eigenvalue weighted by molar-refractivity contribution is 7.80. The van der Waals surface area contributed by atoms with Crippen molar-refractivity contribution < 1.29 is 9.59 Å². The second kappa shape index (κ2) is 6.53. The number of rotatable bonds is 3. The Labute approximate surface area is 146 Å². The van der Waals surface area contributed by atoms with E-state index in [-0.39, 0.29) is 23.0 Å². The summed E-state index contributed by atoms with van der Waals surface area (Å²) < 4.78 is 0. The molecule has 0 bridgehead atoms. The van der Waals surface area contributed by atoms with Gasteiger partial charge in [-0.15, -0.1) is 0 Å². The molecule has 0 N–H and O–H groups in total. The number of hydrogen-bond donors (Lipinski definition) is 0. The normalized spacial score (nSPS) is 17.7. The minimum atomic E-state index is -0.579. The number of amides is 2. The summed E-state index contributed by atoms with van der Waals surface area (Å²) in [7, 11) is 0. The van der Waals surface area contributed by atoms with Crippen LogP contribution < -0.4 is 0 Å². The summed E-state index contributed by atoms with van der Waals surface area (Å²) >= 11 is 5.48. The van der Waals surface area contributed by atoms with E-state index in [0.29, 0.717) is 0 Å². The van der Waals surface area contributed by atoms with E-state index in [9.17, 15) is 9.59 Å². The Bertz CT molecular complexity index is 737. The first-order valence-electron chi connectivity index (χ1n) is 7.79. The van der Waals surface area contributed by atoms with E-state index >= 15 is 0 Å². The van der Waals surface area contributed by atoms with Crippen LogP contribution in [0.4, 0.5) is 0 Å². The van der Waals surface area contributed by atoms with Gasteiger partial charge in [-0.2, -0.15) is 0 Å². The molecule has 0 aliphatic carbocycles. The fourth-order valence-electron chi connectivity index (χ4n) is 3.09. The summed E-state index contributed by atoms with van der Waals surface area (Å²) in [5.41, 5.74) is 1.91. The van der Waals surface area contributed by atoms with Crippen molar-refractivity contribution in [2.24, 2.45) is 0 Å². The van der Waals surface area contributed by atoms with Crippen LogP contribution in [-0.4, -0.2) is 32.8 Å². The van der Waals surface area contributed by atoms with Crippen LogP contribution in [0.5, 0.6) is 0 Å². The third kappa shape index (κ3) is 2.71. The zero-order valence-corrected chi connectivity index (χ0v) is 14.4. The zero-order chi connectivity index (χ0) is 17.3. The Balaban J connectivity index is 2.12. The van der Waals surface area contributed by atoms with Crippen molar-refractivity contribution in [3.63, 3.8) is 0 Å². The number of benzene rings is 2. The molecule has 1 unspecified atom stereocenters. The second-order valence-electron chi connectivity index (χ2n) is 5.78. The van der Waals surface area contributed by atoms with Crippen molar-refractivity contribution in [3.8, 4) is 0 Å². The molecule has 0 spiro atoms. The first-order chi connectivity index (χ1) is 11.5. The van der Waals surface area contributed by atoms with Crippen LogP contribution in [0.25, 0.3) is 0 Å². The lowest BCUT2D eigenvalue weighted by atomic mass is 9.97. The van der Waals surface area contributed by atoms with Gasteiger partial charge in [-0.3, -0.25) is 19.4 Å². The van der Waals surface area contributed by atoms with Crippen molar-refractivity contribution in [2.45, 2.75) is 25.9 Å². The molecule has 2 amide bonds. The van der Waals surface area contributed by atoms with Crippen LogP contribution in [0, 0.1) is 0 Å². The molecule has 1 fully saturated rings. The standard InChI is InChI=1S/C19H18N2O2S/c1-13-18(23)21(19(24)20(13)14(2)22)17(15-9-5-3-6-10-15)16-11-7-4-8-12-16/h3-13,17H,1-2H3. The molecule has 2 aromatic carbocycles. The number of thiocarbonyl (C=S) groups is 1. The smallest absolute Gasteiger partial charge is 0.252 e. The average Bonchev–Trinajstić information content (AvgIpc) is 2.81. The van der Waals surface area contributed by atoms with Gasteiger partial charge < -0.3 is 0 Å². The van der Waals surface area contributed by atoms with Crippen LogP contribution in [0.15, 0.2) is 60.7 Å². The monoisotopic (exact) mass is 338 g/mol. The van der Waals surface area contributed by atoms with E-state index in [1.165, 1.54) is 11.8 Å². The van der Waals surface area contributed by atoms with Crippen molar-refractivity contribution in [3.05, 3.63) is 71.8 Å². The molecule has 0 radical (unpaired) electrons. The number of carbonyl (C=O) groups excluding carboxylic acids is 2. The second-order valence-corrected chi connectivity index (χ2v) is 6.14. The summed E-state index contributed by atoms with van der Waals surface area (Å²) in [5.74, 6) is -0.379. The molecular weight excluding hydrogens is 320 g/mol. The molecule has 122 valence electrons. The summed E-state index contributed by atoms with van der Waals surface area (Å²) in [6.45, 7) is 3.14. The van der Waals surface area contributed by atoms with Gasteiger partial charge in [0.25, 0.3) is 5.91 Å². The molecule has 0 aromatic heterocycles. The van der Waals surface area contributed by atoms with E-state index in [0.717, 1.165) is 11.1 Å². The lowest BCUT2D eigenvalue weighted by Crippen LogP contribution is -2.38. The molecule has 5 heteroatoms. The molecule has 1 aliphatic rings. The van der Waals surface area contributed by atoms with E-state index in [4.69, 9.17) is 12.2 Å². The predicted molar refractivity (Wildman–Crippen MR) is 96.2 cm³/mol. The Kier molecular flexibility index (Phi) is 4.44. The van der Waals surface area contributed by atoms with Crippen LogP contribution in [0.2, 0.25) is 0 Å². The van der Waals surface area contributed by atoms with E-state index in [1.807, 2.05) is 60.7 Å². The average molecular weight is 338 g/mol. The lowest BCUT2D eigenvalue weighted by Gasteiger charge is -2.28. The van der Waals surface area contributed by atoms with Gasteiger partial charge in [0.2, 0.25) is 5.91 Å². The van der Waals surface area contributed by atoms with Crippen molar-refractivity contribution in [1.82, 2.24) is 9.80 Å². The molecular formula is C19H18N2O2S. The zero-order valence-electron chi connectivity index (χ0n) is 13.5. The molecule has 2 aromatic rings. The Morgan fingerprint density at radius 2 is 1.46 bits per heavy atom. The topological polar surface area (TPSA) is 40.6 Å². The molecule has 24 heavy (non-hydrogen) atoms. The van der Waals surface area contributed by atoms with Crippen molar-refractivity contribution in [2.75, 3.05) is 0 Å². The summed E-state index contributed by atoms with van der Waals surface area (Å²) in [6, 6.07) is 18.5. The third-order valence-corrected chi connectivity index (χ3v) is 4.62. The van der Waals surface area contributed by atoms with Crippen molar-refractivity contribution >= 4 is 29.1 Å². The first-order valence-corrected chi connectivity index (χ1v) is 8.20. The number of hydrogen-bond acceptors (Lipinski definition) is 3. The first kappa shape index (κ1) is 16.3. The fourth-order valence-corrected chi connectivity index (χ4v) is 3.58. The molecule has 1 saturated heterocycles. The minimum absolute atomic E-state index is 0.159. The maximum absolute atomic E-state index is 12.9. The highest BCUT2D eigenvalue weighted by Gasteiger charge is 2.45. The molecule has 1 atom stereocenters. The molecule has 4 nitrogen and oxygen atoms in total. The van der Waals surface area contributed by atoms with Gasteiger partial charge in [-0.05, 0) is 30.3 Å². The quantitative estimate of drug-likeness (QED) is 0.807. The number of nitrogens with zero attached hydrogens (tertiary/aromatic N) is 2. The van der Waals surface area contributed by atoms with E-state index < -0.39 is 6.04 Å². The molecule has 0 saturated carbocycles. The predicted octanol–water partition coefficient (Wildman–Crippen LogP) is 3.14. The van der Waals surface area contributed by atoms with Crippen molar-refractivity contribution in [1.29, 1.82) is 0 Å². The molecule has 3 rings (SSSR count).